The molecule has 0 fully saturated rings. The zero-order valence-electron chi connectivity index (χ0n) is 16.6. The van der Waals surface area contributed by atoms with E-state index < -0.39 is 0 Å². The van der Waals surface area contributed by atoms with Gasteiger partial charge in [-0.3, -0.25) is 0 Å². The van der Waals surface area contributed by atoms with Crippen molar-refractivity contribution in [1.82, 2.24) is 29.6 Å². The Kier molecular flexibility index (Phi) is 4.63. The van der Waals surface area contributed by atoms with E-state index in [1.54, 1.807) is 16.6 Å². The van der Waals surface area contributed by atoms with Crippen molar-refractivity contribution >= 4 is 16.3 Å². The Labute approximate surface area is 176 Å². The first-order chi connectivity index (χ1) is 14.6. The lowest BCUT2D eigenvalue weighted by Crippen LogP contribution is -2.00. The molecule has 0 aliphatic carbocycles. The number of halogens is 1. The number of aromatic nitrogens is 6. The van der Waals surface area contributed by atoms with Gasteiger partial charge in [0.05, 0.1) is 11.4 Å². The summed E-state index contributed by atoms with van der Waals surface area (Å²) in [5, 5.41) is 18.8. The molecule has 0 atom stereocenters. The first-order valence-corrected chi connectivity index (χ1v) is 10.5. The van der Waals surface area contributed by atoms with E-state index >= 15 is 0 Å². The van der Waals surface area contributed by atoms with E-state index in [-0.39, 0.29) is 5.82 Å². The molecule has 2 aromatic carbocycles. The summed E-state index contributed by atoms with van der Waals surface area (Å²) in [5.41, 5.74) is 5.27. The number of rotatable bonds is 5. The molecular weight excluding hydrogens is 399 g/mol. The number of para-hydroxylation sites is 1. The van der Waals surface area contributed by atoms with Crippen molar-refractivity contribution in [2.45, 2.75) is 26.7 Å². The van der Waals surface area contributed by atoms with Crippen LogP contribution < -0.4 is 0 Å². The van der Waals surface area contributed by atoms with E-state index in [1.165, 1.54) is 29.0 Å². The predicted octanol–water partition coefficient (Wildman–Crippen LogP) is 4.58. The van der Waals surface area contributed by atoms with Crippen LogP contribution in [0.15, 0.2) is 54.6 Å². The fourth-order valence-corrected chi connectivity index (χ4v) is 4.46. The van der Waals surface area contributed by atoms with Gasteiger partial charge in [-0.1, -0.05) is 29.5 Å². The highest BCUT2D eigenvalue weighted by Gasteiger charge is 2.16. The quantitative estimate of drug-likeness (QED) is 0.419. The van der Waals surface area contributed by atoms with Gasteiger partial charge in [-0.25, -0.2) is 9.07 Å². The topological polar surface area (TPSA) is 60.9 Å². The number of nitrogens with zero attached hydrogens (tertiary/aromatic N) is 6. The Morgan fingerprint density at radius 1 is 0.900 bits per heavy atom. The summed E-state index contributed by atoms with van der Waals surface area (Å²) in [5.74, 6) is 0.344. The van der Waals surface area contributed by atoms with E-state index in [1.807, 2.05) is 29.8 Å². The second-order valence-corrected chi connectivity index (χ2v) is 8.16. The van der Waals surface area contributed by atoms with Gasteiger partial charge in [0.15, 0.2) is 5.82 Å². The molecule has 5 aromatic rings. The molecule has 0 aliphatic rings. The molecule has 0 N–H and O–H groups in total. The minimum absolute atomic E-state index is 0.278. The van der Waals surface area contributed by atoms with Crippen molar-refractivity contribution < 1.29 is 4.39 Å². The van der Waals surface area contributed by atoms with Crippen LogP contribution in [0.1, 0.15) is 22.0 Å². The zero-order valence-corrected chi connectivity index (χ0v) is 17.4. The van der Waals surface area contributed by atoms with Gasteiger partial charge in [-0.05, 0) is 62.2 Å². The lowest BCUT2D eigenvalue weighted by molar-refractivity contribution is 0.628. The molecule has 6 nitrogen and oxygen atoms in total. The maximum Gasteiger partial charge on any atom is 0.234 e. The van der Waals surface area contributed by atoms with E-state index in [0.717, 1.165) is 45.4 Å². The van der Waals surface area contributed by atoms with Crippen LogP contribution in [0.2, 0.25) is 0 Å². The summed E-state index contributed by atoms with van der Waals surface area (Å²) in [6.45, 7) is 4.15. The first kappa shape index (κ1) is 18.6. The van der Waals surface area contributed by atoms with E-state index in [9.17, 15) is 4.39 Å². The van der Waals surface area contributed by atoms with Crippen molar-refractivity contribution in [3.05, 3.63) is 82.4 Å². The van der Waals surface area contributed by atoms with Gasteiger partial charge in [0.25, 0.3) is 0 Å². The predicted molar refractivity (Wildman–Crippen MR) is 114 cm³/mol. The van der Waals surface area contributed by atoms with Gasteiger partial charge in [-0.15, -0.1) is 10.2 Å². The Hall–Kier alpha value is -3.39. The van der Waals surface area contributed by atoms with Crippen molar-refractivity contribution in [3.63, 3.8) is 0 Å². The smallest absolute Gasteiger partial charge is 0.234 e. The largest absolute Gasteiger partial charge is 0.238 e. The highest BCUT2D eigenvalue weighted by Crippen LogP contribution is 2.24. The standard InChI is InChI=1S/C22H19FN6S/c1-14-19(15(2)28(26-14)18-6-4-3-5-7-18)12-13-20-27-29-21(24-25-22(29)30-20)16-8-10-17(23)11-9-16/h3-11H,12-13H2,1-2H3. The third-order valence-corrected chi connectivity index (χ3v) is 6.12. The number of benzene rings is 2. The molecule has 0 spiro atoms. The maximum absolute atomic E-state index is 13.2. The molecule has 5 rings (SSSR count). The van der Waals surface area contributed by atoms with E-state index in [0.29, 0.717) is 5.82 Å². The van der Waals surface area contributed by atoms with Crippen LogP contribution in [0.5, 0.6) is 0 Å². The normalized spacial score (nSPS) is 11.4. The molecule has 0 saturated heterocycles. The second kappa shape index (κ2) is 7.46. The maximum atomic E-state index is 13.2. The highest BCUT2D eigenvalue weighted by atomic mass is 32.1. The van der Waals surface area contributed by atoms with Gasteiger partial charge in [0.2, 0.25) is 4.96 Å². The Bertz CT molecular complexity index is 1320. The van der Waals surface area contributed by atoms with Gasteiger partial charge in [0.1, 0.15) is 10.8 Å². The van der Waals surface area contributed by atoms with Crippen molar-refractivity contribution in [2.24, 2.45) is 0 Å². The molecule has 0 aliphatic heterocycles. The number of hydrogen-bond acceptors (Lipinski definition) is 5. The Balaban J connectivity index is 1.40. The van der Waals surface area contributed by atoms with Crippen LogP contribution in [0.4, 0.5) is 4.39 Å². The Morgan fingerprint density at radius 2 is 1.67 bits per heavy atom. The summed E-state index contributed by atoms with van der Waals surface area (Å²) >= 11 is 1.53. The number of aryl methyl sites for hydroxylation is 2. The molecule has 0 amide bonds. The van der Waals surface area contributed by atoms with Crippen molar-refractivity contribution in [2.75, 3.05) is 0 Å². The number of hydrogen-bond donors (Lipinski definition) is 0. The molecule has 150 valence electrons. The molecule has 0 saturated carbocycles. The third kappa shape index (κ3) is 3.29. The molecule has 0 bridgehead atoms. The molecule has 8 heteroatoms. The zero-order chi connectivity index (χ0) is 20.7. The Morgan fingerprint density at radius 3 is 2.43 bits per heavy atom. The minimum Gasteiger partial charge on any atom is -0.238 e. The highest BCUT2D eigenvalue weighted by molar-refractivity contribution is 7.16. The van der Waals surface area contributed by atoms with Crippen LogP contribution in [0.25, 0.3) is 22.0 Å². The fourth-order valence-electron chi connectivity index (χ4n) is 3.63. The molecule has 3 heterocycles. The van der Waals surface area contributed by atoms with Gasteiger partial charge in [0, 0.05) is 17.7 Å². The summed E-state index contributed by atoms with van der Waals surface area (Å²) in [4.78, 5) is 0.734. The van der Waals surface area contributed by atoms with Crippen LogP contribution in [0, 0.1) is 19.7 Å². The first-order valence-electron chi connectivity index (χ1n) is 9.68. The molecule has 0 unspecified atom stereocenters. The summed E-state index contributed by atoms with van der Waals surface area (Å²) in [7, 11) is 0. The molecule has 30 heavy (non-hydrogen) atoms. The lowest BCUT2D eigenvalue weighted by atomic mass is 10.1. The van der Waals surface area contributed by atoms with E-state index in [2.05, 4.69) is 29.3 Å². The van der Waals surface area contributed by atoms with Crippen LogP contribution >= 0.6 is 11.3 Å². The molecule has 3 aromatic heterocycles. The monoisotopic (exact) mass is 418 g/mol. The van der Waals surface area contributed by atoms with Crippen LogP contribution in [0.3, 0.4) is 0 Å². The van der Waals surface area contributed by atoms with E-state index in [4.69, 9.17) is 10.2 Å². The van der Waals surface area contributed by atoms with Crippen molar-refractivity contribution in [3.8, 4) is 17.1 Å². The van der Waals surface area contributed by atoms with Gasteiger partial charge in [-0.2, -0.15) is 14.7 Å². The summed E-state index contributed by atoms with van der Waals surface area (Å²) in [6.07, 6.45) is 1.64. The molecular formula is C22H19FN6S. The third-order valence-electron chi connectivity index (χ3n) is 5.17. The van der Waals surface area contributed by atoms with Gasteiger partial charge >= 0.3 is 0 Å². The van der Waals surface area contributed by atoms with Crippen LogP contribution in [-0.2, 0) is 12.8 Å². The van der Waals surface area contributed by atoms with Crippen LogP contribution in [-0.4, -0.2) is 29.6 Å². The SMILES string of the molecule is Cc1nn(-c2ccccc2)c(C)c1CCc1nn2c(-c3ccc(F)cc3)nnc2s1. The average molecular weight is 419 g/mol. The van der Waals surface area contributed by atoms with Gasteiger partial charge < -0.3 is 0 Å². The summed E-state index contributed by atoms with van der Waals surface area (Å²) < 4.78 is 17.0. The molecule has 0 radical (unpaired) electrons. The summed E-state index contributed by atoms with van der Waals surface area (Å²) in [6, 6.07) is 16.4. The fraction of sp³-hybridized carbons (Fsp3) is 0.182. The van der Waals surface area contributed by atoms with Crippen molar-refractivity contribution in [1.29, 1.82) is 0 Å². The lowest BCUT2D eigenvalue weighted by Gasteiger charge is -2.04. The second-order valence-electron chi connectivity index (χ2n) is 7.12. The number of fused-ring (bicyclic) bond motifs is 1. The minimum atomic E-state index is -0.278. The average Bonchev–Trinajstić information content (AvgIpc) is 3.41.